The molecule has 1 rings (SSSR count). The highest BCUT2D eigenvalue weighted by Gasteiger charge is 2.23. The monoisotopic (exact) mass is 393 g/mol. The maximum absolute atomic E-state index is 12.4. The molecule has 0 fully saturated rings. The molecule has 0 bridgehead atoms. The van der Waals surface area contributed by atoms with Gasteiger partial charge in [-0.2, -0.15) is 0 Å². The average Bonchev–Trinajstić information content (AvgIpc) is 2.64. The Balaban J connectivity index is 2.71. The highest BCUT2D eigenvalue weighted by atomic mass is 16.6. The maximum atomic E-state index is 12.4. The van der Waals surface area contributed by atoms with Crippen molar-refractivity contribution >= 4 is 17.9 Å². The summed E-state index contributed by atoms with van der Waals surface area (Å²) in [6, 6.07) is 5.74. The zero-order chi connectivity index (χ0) is 21.1. The lowest BCUT2D eigenvalue weighted by atomic mass is 10.0. The normalized spacial score (nSPS) is 11.2. The van der Waals surface area contributed by atoms with Crippen molar-refractivity contribution in [3.63, 3.8) is 0 Å². The van der Waals surface area contributed by atoms with Crippen LogP contribution >= 0.6 is 0 Å². The number of hydrogen-bond donors (Lipinski definition) is 0. The van der Waals surface area contributed by atoms with Crippen molar-refractivity contribution < 1.29 is 33.5 Å². The molecule has 0 spiro atoms. The molecule has 0 aromatic heterocycles. The summed E-state index contributed by atoms with van der Waals surface area (Å²) in [6.45, 7) is 6.35. The van der Waals surface area contributed by atoms with E-state index in [0.29, 0.717) is 5.56 Å². The smallest absolute Gasteiger partial charge is 0.338 e. The number of carbonyl (C=O) groups excluding carboxylic acids is 3. The van der Waals surface area contributed by atoms with E-state index >= 15 is 0 Å². The maximum Gasteiger partial charge on any atom is 0.338 e. The number of hydrogen-bond acceptors (Lipinski definition) is 8. The molecule has 0 aliphatic carbocycles. The van der Waals surface area contributed by atoms with Gasteiger partial charge in [0.05, 0.1) is 24.7 Å². The molecule has 9 heteroatoms. The second kappa shape index (κ2) is 11.5. The predicted octanol–water partition coefficient (Wildman–Crippen LogP) is 2.56. The third-order valence-corrected chi connectivity index (χ3v) is 3.63. The Morgan fingerprint density at radius 1 is 1.14 bits per heavy atom. The second-order valence-corrected chi connectivity index (χ2v) is 5.91. The van der Waals surface area contributed by atoms with Crippen LogP contribution in [-0.2, 0) is 19.1 Å². The van der Waals surface area contributed by atoms with Crippen molar-refractivity contribution in [1.82, 2.24) is 0 Å². The van der Waals surface area contributed by atoms with Crippen LogP contribution in [-0.4, -0.2) is 42.6 Å². The predicted molar refractivity (Wildman–Crippen MR) is 98.4 cm³/mol. The van der Waals surface area contributed by atoms with Gasteiger partial charge in [-0.3, -0.25) is 14.9 Å². The minimum atomic E-state index is -0.826. The van der Waals surface area contributed by atoms with Gasteiger partial charge in [-0.1, -0.05) is 6.58 Å². The minimum absolute atomic E-state index is 0.0582. The minimum Gasteiger partial charge on any atom is -0.462 e. The first-order chi connectivity index (χ1) is 13.2. The van der Waals surface area contributed by atoms with E-state index in [1.165, 1.54) is 31.2 Å². The van der Waals surface area contributed by atoms with Crippen molar-refractivity contribution in [2.45, 2.75) is 26.7 Å². The molecular weight excluding hydrogens is 370 g/mol. The summed E-state index contributed by atoms with van der Waals surface area (Å²) < 4.78 is 15.0. The number of nitrogens with zero attached hydrogens (tertiary/aromatic N) is 1. The summed E-state index contributed by atoms with van der Waals surface area (Å²) in [5.41, 5.74) is 0.518. The molecule has 0 amide bonds. The third-order valence-electron chi connectivity index (χ3n) is 3.63. The van der Waals surface area contributed by atoms with Gasteiger partial charge < -0.3 is 14.2 Å². The van der Waals surface area contributed by atoms with Gasteiger partial charge in [0, 0.05) is 16.9 Å². The van der Waals surface area contributed by atoms with Crippen LogP contribution < -0.4 is 4.74 Å². The van der Waals surface area contributed by atoms with E-state index in [1.54, 1.807) is 6.92 Å². The molecule has 0 N–H and O–H groups in total. The lowest BCUT2D eigenvalue weighted by Crippen LogP contribution is -2.25. The molecule has 0 radical (unpaired) electrons. The first-order valence-corrected chi connectivity index (χ1v) is 8.67. The molecule has 28 heavy (non-hydrogen) atoms. The Kier molecular flexibility index (Phi) is 9.35. The summed E-state index contributed by atoms with van der Waals surface area (Å²) in [7, 11) is 0. The molecule has 0 saturated carbocycles. The summed E-state index contributed by atoms with van der Waals surface area (Å²) in [6.07, 6.45) is 0.0178. The number of nitro groups is 1. The van der Waals surface area contributed by atoms with E-state index in [2.05, 4.69) is 6.58 Å². The average molecular weight is 393 g/mol. The Morgan fingerprint density at radius 3 is 2.32 bits per heavy atom. The third kappa shape index (κ3) is 7.98. The van der Waals surface area contributed by atoms with Gasteiger partial charge in [-0.25, -0.2) is 9.59 Å². The van der Waals surface area contributed by atoms with Crippen LogP contribution in [0.5, 0.6) is 5.75 Å². The van der Waals surface area contributed by atoms with Gasteiger partial charge in [-0.15, -0.1) is 0 Å². The molecule has 1 aromatic carbocycles. The fourth-order valence-electron chi connectivity index (χ4n) is 2.13. The van der Waals surface area contributed by atoms with Gasteiger partial charge in [0.2, 0.25) is 6.54 Å². The van der Waals surface area contributed by atoms with Gasteiger partial charge in [0.25, 0.3) is 0 Å². The molecule has 1 aromatic rings. The van der Waals surface area contributed by atoms with Crippen molar-refractivity contribution in [2.75, 3.05) is 19.8 Å². The fourth-order valence-corrected chi connectivity index (χ4v) is 2.13. The van der Waals surface area contributed by atoms with E-state index in [-0.39, 0.29) is 37.4 Å². The Labute approximate surface area is 162 Å². The topological polar surface area (TPSA) is 122 Å². The Morgan fingerprint density at radius 2 is 1.79 bits per heavy atom. The van der Waals surface area contributed by atoms with Gasteiger partial charge >= 0.3 is 17.9 Å². The lowest BCUT2D eigenvalue weighted by molar-refractivity contribution is -0.481. The molecule has 1 unspecified atom stereocenters. The van der Waals surface area contributed by atoms with E-state index < -0.39 is 35.3 Å². The van der Waals surface area contributed by atoms with E-state index in [0.717, 1.165) is 0 Å². The number of esters is 3. The van der Waals surface area contributed by atoms with E-state index in [4.69, 9.17) is 14.2 Å². The number of benzene rings is 1. The number of carbonyl (C=O) groups is 3. The molecule has 9 nitrogen and oxygen atoms in total. The van der Waals surface area contributed by atoms with E-state index in [1.807, 2.05) is 0 Å². The molecule has 0 saturated heterocycles. The standard InChI is InChI=1S/C19H23NO8/c1-4-26-18(22)14-5-7-16(8-6-14)28-19(23)15(9-11-20(24)25)10-12-27-17(21)13(2)3/h5-8,15H,2,4,9-12H2,1,3H3. The van der Waals surface area contributed by atoms with Crippen LogP contribution in [0.25, 0.3) is 0 Å². The highest BCUT2D eigenvalue weighted by molar-refractivity contribution is 5.89. The first-order valence-electron chi connectivity index (χ1n) is 8.67. The molecule has 0 heterocycles. The van der Waals surface area contributed by atoms with Crippen LogP contribution in [0, 0.1) is 16.0 Å². The summed E-state index contributed by atoms with van der Waals surface area (Å²) in [4.78, 5) is 45.5. The quantitative estimate of drug-likeness (QED) is 0.185. The van der Waals surface area contributed by atoms with E-state index in [9.17, 15) is 24.5 Å². The summed E-state index contributed by atoms with van der Waals surface area (Å²) in [5.74, 6) is -2.42. The fraction of sp³-hybridized carbons (Fsp3) is 0.421. The summed E-state index contributed by atoms with van der Waals surface area (Å²) in [5, 5.41) is 10.6. The zero-order valence-corrected chi connectivity index (χ0v) is 15.8. The molecule has 0 aliphatic heterocycles. The van der Waals surface area contributed by atoms with Crippen LogP contribution in [0.15, 0.2) is 36.4 Å². The summed E-state index contributed by atoms with van der Waals surface area (Å²) >= 11 is 0. The van der Waals surface area contributed by atoms with Gasteiger partial charge in [0.1, 0.15) is 5.75 Å². The largest absolute Gasteiger partial charge is 0.462 e. The SMILES string of the molecule is C=C(C)C(=O)OCCC(CC[N+](=O)[O-])C(=O)Oc1ccc(C(=O)OCC)cc1. The van der Waals surface area contributed by atoms with Crippen molar-refractivity contribution in [1.29, 1.82) is 0 Å². The van der Waals surface area contributed by atoms with Crippen molar-refractivity contribution in [3.05, 3.63) is 52.1 Å². The molecule has 0 aliphatic rings. The van der Waals surface area contributed by atoms with Crippen molar-refractivity contribution in [2.24, 2.45) is 5.92 Å². The Hall–Kier alpha value is -3.23. The number of ether oxygens (including phenoxy) is 3. The van der Waals surface area contributed by atoms with Crippen LogP contribution in [0.3, 0.4) is 0 Å². The van der Waals surface area contributed by atoms with Gasteiger partial charge in [-0.05, 0) is 44.5 Å². The molecular formula is C19H23NO8. The Bertz CT molecular complexity index is 726. The van der Waals surface area contributed by atoms with Crippen LogP contribution in [0.4, 0.5) is 0 Å². The zero-order valence-electron chi connectivity index (χ0n) is 15.8. The highest BCUT2D eigenvalue weighted by Crippen LogP contribution is 2.18. The molecule has 152 valence electrons. The van der Waals surface area contributed by atoms with Gasteiger partial charge in [0.15, 0.2) is 0 Å². The van der Waals surface area contributed by atoms with Crippen molar-refractivity contribution in [3.8, 4) is 5.75 Å². The second-order valence-electron chi connectivity index (χ2n) is 5.91. The molecule has 1 atom stereocenters. The first kappa shape index (κ1) is 22.8. The van der Waals surface area contributed by atoms with Crippen LogP contribution in [0.1, 0.15) is 37.0 Å². The number of rotatable bonds is 11. The lowest BCUT2D eigenvalue weighted by Gasteiger charge is -2.14. The van der Waals surface area contributed by atoms with Crippen LogP contribution in [0.2, 0.25) is 0 Å².